The quantitative estimate of drug-likeness (QED) is 0.135. The molecule has 1 amide bonds. The molecule has 0 radical (unpaired) electrons. The molecule has 0 fully saturated rings. The first kappa shape index (κ1) is 30.6. The van der Waals surface area contributed by atoms with Gasteiger partial charge in [0.25, 0.3) is 5.91 Å². The predicted molar refractivity (Wildman–Crippen MR) is 146 cm³/mol. The van der Waals surface area contributed by atoms with Gasteiger partial charge >= 0.3 is 5.82 Å². The van der Waals surface area contributed by atoms with Crippen LogP contribution < -0.4 is 27.6 Å². The molecule has 0 unspecified atom stereocenters. The van der Waals surface area contributed by atoms with Crippen molar-refractivity contribution in [2.75, 3.05) is 26.0 Å². The van der Waals surface area contributed by atoms with E-state index in [2.05, 4.69) is 41.9 Å². The Bertz CT molecular complexity index is 1490. The lowest BCUT2D eigenvalue weighted by atomic mass is 10.0. The molecule has 1 aromatic heterocycles. The highest BCUT2D eigenvalue weighted by atomic mass is 79.9. The van der Waals surface area contributed by atoms with Crippen molar-refractivity contribution in [2.24, 2.45) is 17.4 Å². The number of rotatable bonds is 9. The molecule has 4 rings (SSSR count). The molecule has 0 saturated heterocycles. The van der Waals surface area contributed by atoms with Crippen molar-refractivity contribution in [2.45, 2.75) is 6.54 Å². The Labute approximate surface area is 248 Å². The Morgan fingerprint density at radius 1 is 1.35 bits per heavy atom. The van der Waals surface area contributed by atoms with E-state index in [1.807, 2.05) is 26.4 Å². The summed E-state index contributed by atoms with van der Waals surface area (Å²) in [5.74, 6) is -1.08. The van der Waals surface area contributed by atoms with Gasteiger partial charge in [-0.25, -0.2) is 9.40 Å². The number of aromatic nitrogens is 2. The number of quaternary nitrogens is 1. The average Bonchev–Trinajstić information content (AvgIpc) is 3.24. The van der Waals surface area contributed by atoms with Gasteiger partial charge in [0.2, 0.25) is 6.33 Å². The maximum Gasteiger partial charge on any atom is 0.390 e. The Morgan fingerprint density at radius 3 is 2.85 bits per heavy atom. The van der Waals surface area contributed by atoms with E-state index in [1.165, 1.54) is 23.5 Å². The van der Waals surface area contributed by atoms with E-state index in [1.54, 1.807) is 48.4 Å². The van der Waals surface area contributed by atoms with Gasteiger partial charge in [-0.2, -0.15) is 0 Å². The van der Waals surface area contributed by atoms with Gasteiger partial charge in [-0.1, -0.05) is 10.3 Å². The molecule has 3 heterocycles. The fourth-order valence-corrected chi connectivity index (χ4v) is 4.22. The van der Waals surface area contributed by atoms with Gasteiger partial charge < -0.3 is 46.8 Å². The second kappa shape index (κ2) is 12.9. The zero-order valence-electron chi connectivity index (χ0n) is 21.8. The van der Waals surface area contributed by atoms with Gasteiger partial charge in [0, 0.05) is 54.8 Å². The maximum atomic E-state index is 13.6. The second-order valence-electron chi connectivity index (χ2n) is 9.41. The Morgan fingerprint density at radius 2 is 2.12 bits per heavy atom. The third-order valence-electron chi connectivity index (χ3n) is 5.83. The maximum absolute atomic E-state index is 13.6. The minimum Gasteiger partial charge on any atom is -1.00 e. The number of nitro groups is 1. The van der Waals surface area contributed by atoms with Crippen LogP contribution in [0, 0.1) is 15.9 Å². The molecule has 0 atom stereocenters. The largest absolute Gasteiger partial charge is 1.00 e. The van der Waals surface area contributed by atoms with Crippen LogP contribution in [0.25, 0.3) is 0 Å². The molecule has 2 aliphatic rings. The number of dihydropyridines is 1. The third kappa shape index (κ3) is 7.58. The molecule has 2 aromatic rings. The number of imidazole rings is 1. The molecular formula is C25H26Br2FN9O3. The number of amides is 1. The fraction of sp³-hybridized carbons (Fsp3) is 0.200. The van der Waals surface area contributed by atoms with E-state index in [4.69, 9.17) is 0 Å². The van der Waals surface area contributed by atoms with Crippen molar-refractivity contribution in [1.82, 2.24) is 19.9 Å². The van der Waals surface area contributed by atoms with E-state index in [0.29, 0.717) is 33.4 Å². The number of nitrogens with one attached hydrogen (secondary N) is 2. The molecule has 1 aromatic carbocycles. The summed E-state index contributed by atoms with van der Waals surface area (Å²) in [5, 5.41) is 26.7. The molecule has 2 N–H and O–H groups in total. The summed E-state index contributed by atoms with van der Waals surface area (Å²) >= 11 is 3.19. The average molecular weight is 679 g/mol. The minimum atomic E-state index is -0.551. The number of benzene rings is 1. The molecule has 0 saturated carbocycles. The van der Waals surface area contributed by atoms with Crippen molar-refractivity contribution in [3.05, 3.63) is 110 Å². The molecule has 40 heavy (non-hydrogen) atoms. The lowest BCUT2D eigenvalue weighted by molar-refractivity contribution is -0.898. The first-order valence-electron chi connectivity index (χ1n) is 11.7. The molecule has 0 bridgehead atoms. The van der Waals surface area contributed by atoms with Crippen molar-refractivity contribution < 1.29 is 35.6 Å². The highest BCUT2D eigenvalue weighted by Crippen LogP contribution is 2.29. The summed E-state index contributed by atoms with van der Waals surface area (Å²) in [4.78, 5) is 26.9. The van der Waals surface area contributed by atoms with E-state index in [9.17, 15) is 19.3 Å². The number of hydrogen-bond acceptors (Lipinski definition) is 7. The van der Waals surface area contributed by atoms with Gasteiger partial charge in [-0.3, -0.25) is 4.79 Å². The summed E-state index contributed by atoms with van der Waals surface area (Å²) in [6.07, 6.45) is 13.2. The normalized spacial score (nSPS) is 14.7. The topological polar surface area (TPSA) is 130 Å². The van der Waals surface area contributed by atoms with Crippen LogP contribution in [-0.4, -0.2) is 50.5 Å². The van der Waals surface area contributed by atoms with E-state index < -0.39 is 10.8 Å². The Kier molecular flexibility index (Phi) is 9.89. The summed E-state index contributed by atoms with van der Waals surface area (Å²) < 4.78 is 15.9. The van der Waals surface area contributed by atoms with Crippen LogP contribution in [0.15, 0.2) is 99.2 Å². The Hall–Kier alpha value is -3.95. The molecule has 0 aliphatic carbocycles. The molecule has 0 spiro atoms. The van der Waals surface area contributed by atoms with Crippen molar-refractivity contribution in [1.29, 1.82) is 0 Å². The van der Waals surface area contributed by atoms with Crippen LogP contribution in [0.3, 0.4) is 0 Å². The summed E-state index contributed by atoms with van der Waals surface area (Å²) in [6, 6.07) is 4.62. The fourth-order valence-electron chi connectivity index (χ4n) is 3.84. The van der Waals surface area contributed by atoms with Gasteiger partial charge in [0.05, 0.1) is 30.8 Å². The first-order chi connectivity index (χ1) is 18.5. The van der Waals surface area contributed by atoms with Gasteiger partial charge in [-0.05, 0) is 56.2 Å². The number of carbonyl (C=O) groups excluding carboxylic acids is 1. The number of carbonyl (C=O) groups is 1. The molecule has 15 heteroatoms. The van der Waals surface area contributed by atoms with Crippen molar-refractivity contribution >= 4 is 33.3 Å². The summed E-state index contributed by atoms with van der Waals surface area (Å²) in [7, 11) is 5.50. The second-order valence-corrected chi connectivity index (χ2v) is 10.3. The number of anilines is 1. The molecule has 12 nitrogen and oxygen atoms in total. The van der Waals surface area contributed by atoms with E-state index in [0.717, 1.165) is 16.8 Å². The number of fused-ring (bicyclic) bond motifs is 1. The molecular weight excluding hydrogens is 653 g/mol. The zero-order valence-corrected chi connectivity index (χ0v) is 24.9. The van der Waals surface area contributed by atoms with Gasteiger partial charge in [0.1, 0.15) is 12.4 Å². The van der Waals surface area contributed by atoms with Crippen LogP contribution in [-0.2, 0) is 18.4 Å². The van der Waals surface area contributed by atoms with E-state index >= 15 is 0 Å². The highest BCUT2D eigenvalue weighted by Gasteiger charge is 2.27. The number of aryl methyl sites for hydroxylation is 1. The minimum absolute atomic E-state index is 0. The van der Waals surface area contributed by atoms with Gasteiger partial charge in [0.15, 0.2) is 5.69 Å². The Balaban J connectivity index is 0.00000441. The van der Waals surface area contributed by atoms with Crippen molar-refractivity contribution in [3.8, 4) is 0 Å². The smallest absolute Gasteiger partial charge is 0.390 e. The summed E-state index contributed by atoms with van der Waals surface area (Å²) in [6.45, 7) is 0.778. The number of nitrogens with zero attached hydrogens (tertiary/aromatic N) is 7. The standard InChI is InChI=1S/C25H25BrFN9O3.BrH/c1-33-16-29-25(35(38)39)23(33)15-36(2,3)10-4-5-24(37)31-32-34-9-8-17-12-28-13-22(19(17)14-34)30-18-6-7-21(27)20(26)11-18;/h4-9,11-14,16H,10,15H2,1-3H3,(H-,28,30,31,32,37);1H/b5-4+;. The highest BCUT2D eigenvalue weighted by molar-refractivity contribution is 9.10. The van der Waals surface area contributed by atoms with E-state index in [-0.39, 0.29) is 28.6 Å². The predicted octanol–water partition coefficient (Wildman–Crippen LogP) is 1.41. The SMILES string of the molecule is Cn1cnc([N+](=O)[O-])c1C[N+](C)(C)C/C=C/C(=O)N=NN1C=CC2=CNC=C(Nc3ccc(F)c(Br)c3)C2=C1.[Br-]. The molecule has 210 valence electrons. The third-order valence-corrected chi connectivity index (χ3v) is 6.44. The zero-order chi connectivity index (χ0) is 28.2. The van der Waals surface area contributed by atoms with Crippen LogP contribution in [0.1, 0.15) is 5.69 Å². The van der Waals surface area contributed by atoms with Crippen molar-refractivity contribution in [3.63, 3.8) is 0 Å². The number of allylic oxidation sites excluding steroid dienone is 2. The van der Waals surface area contributed by atoms with Crippen LogP contribution in [0.4, 0.5) is 15.9 Å². The molecule has 2 aliphatic heterocycles. The van der Waals surface area contributed by atoms with Crippen LogP contribution >= 0.6 is 15.9 Å². The monoisotopic (exact) mass is 677 g/mol. The lowest BCUT2D eigenvalue weighted by Gasteiger charge is -2.27. The number of hydrogen-bond donors (Lipinski definition) is 2. The summed E-state index contributed by atoms with van der Waals surface area (Å²) in [5.41, 5.74) is 3.57. The van der Waals surface area contributed by atoms with Crippen LogP contribution in [0.2, 0.25) is 0 Å². The van der Waals surface area contributed by atoms with Crippen LogP contribution in [0.5, 0.6) is 0 Å². The lowest BCUT2D eigenvalue weighted by Crippen LogP contribution is -3.00. The first-order valence-corrected chi connectivity index (χ1v) is 12.5. The number of halogens is 3. The number of likely N-dealkylation sites (N-methyl/N-ethyl adjacent to an activating group) is 1. The van der Waals surface area contributed by atoms with Gasteiger partial charge in [-0.15, -0.1) is 0 Å².